The molecule has 2 heterocycles. The summed E-state index contributed by atoms with van der Waals surface area (Å²) in [5.41, 5.74) is 1.86. The Morgan fingerprint density at radius 2 is 1.78 bits per heavy atom. The van der Waals surface area contributed by atoms with Crippen LogP contribution in [0.3, 0.4) is 0 Å². The van der Waals surface area contributed by atoms with Crippen LogP contribution >= 0.6 is 35.0 Å². The molecule has 3 rings (SSSR count). The molecule has 0 bridgehead atoms. The third-order valence-electron chi connectivity index (χ3n) is 5.10. The number of ether oxygens (including phenoxy) is 1. The smallest absolute Gasteiger partial charge is 0.119 e. The lowest BCUT2D eigenvalue weighted by Crippen LogP contribution is -2.22. The molecule has 4 nitrogen and oxygen atoms in total. The van der Waals surface area contributed by atoms with Crippen molar-refractivity contribution in [3.63, 3.8) is 0 Å². The minimum atomic E-state index is -0.346. The maximum absolute atomic E-state index is 6.29. The molecule has 2 aromatic heterocycles. The van der Waals surface area contributed by atoms with Crippen LogP contribution in [-0.2, 0) is 16.7 Å². The zero-order valence-electron chi connectivity index (χ0n) is 19.3. The summed E-state index contributed by atoms with van der Waals surface area (Å²) in [6.45, 7) is 11.3. The predicted molar refractivity (Wildman–Crippen MR) is 134 cm³/mol. The van der Waals surface area contributed by atoms with Crippen molar-refractivity contribution < 1.29 is 4.74 Å². The number of aromatic nitrogens is 3. The Kier molecular flexibility index (Phi) is 7.97. The van der Waals surface area contributed by atoms with Gasteiger partial charge in [-0.1, -0.05) is 48.8 Å². The van der Waals surface area contributed by atoms with Crippen LogP contribution in [-0.4, -0.2) is 21.6 Å². The zero-order valence-corrected chi connectivity index (χ0v) is 21.6. The van der Waals surface area contributed by atoms with E-state index < -0.39 is 0 Å². The Hall–Kier alpha value is -1.95. The second-order valence-corrected chi connectivity index (χ2v) is 10.5. The van der Waals surface area contributed by atoms with Gasteiger partial charge in [-0.2, -0.15) is 0 Å². The minimum absolute atomic E-state index is 0.243. The Labute approximate surface area is 205 Å². The summed E-state index contributed by atoms with van der Waals surface area (Å²) in [6, 6.07) is 9.69. The van der Waals surface area contributed by atoms with Gasteiger partial charge >= 0.3 is 0 Å². The van der Waals surface area contributed by atoms with Crippen molar-refractivity contribution in [2.45, 2.75) is 62.4 Å². The highest BCUT2D eigenvalue weighted by Gasteiger charge is 2.30. The predicted octanol–water partition coefficient (Wildman–Crippen LogP) is 7.74. The number of rotatable bonds is 8. The number of methoxy groups -OCH3 is 1. The maximum atomic E-state index is 6.29. The highest BCUT2D eigenvalue weighted by molar-refractivity contribution is 7.99. The van der Waals surface area contributed by atoms with E-state index in [1.165, 1.54) is 0 Å². The average Bonchev–Trinajstić information content (AvgIpc) is 3.06. The molecule has 0 spiro atoms. The molecule has 0 aliphatic rings. The van der Waals surface area contributed by atoms with Crippen molar-refractivity contribution in [1.82, 2.24) is 14.5 Å². The third kappa shape index (κ3) is 5.89. The number of halogens is 2. The standard InChI is InChI=1S/C25H29Cl2N3OS/c1-16(2)22-23(32-21-12-19(26)11-20(27)13-21)30(15-18-7-9-28-10-8-18)24(29-22)25(4,5)14-17(3)31-6/h7-14,16H,15H2,1-6H3. The molecule has 32 heavy (non-hydrogen) atoms. The van der Waals surface area contributed by atoms with Gasteiger partial charge < -0.3 is 9.30 Å². The molecule has 170 valence electrons. The number of hydrogen-bond donors (Lipinski definition) is 0. The molecule has 3 aromatic rings. The normalized spacial score (nSPS) is 12.5. The van der Waals surface area contributed by atoms with Crippen molar-refractivity contribution in [3.05, 3.63) is 81.7 Å². The van der Waals surface area contributed by atoms with Gasteiger partial charge in [0, 0.05) is 39.3 Å². The molecule has 0 aliphatic carbocycles. The second kappa shape index (κ2) is 10.3. The summed E-state index contributed by atoms with van der Waals surface area (Å²) in [7, 11) is 1.69. The molecule has 0 saturated heterocycles. The summed E-state index contributed by atoms with van der Waals surface area (Å²) in [5.74, 6) is 2.08. The van der Waals surface area contributed by atoms with Crippen LogP contribution in [0.4, 0.5) is 0 Å². The lowest BCUT2D eigenvalue weighted by atomic mass is 9.91. The van der Waals surface area contributed by atoms with E-state index in [0.29, 0.717) is 16.6 Å². The molecule has 0 fully saturated rings. The van der Waals surface area contributed by atoms with Crippen molar-refractivity contribution >= 4 is 35.0 Å². The van der Waals surface area contributed by atoms with Gasteiger partial charge in [-0.3, -0.25) is 4.98 Å². The highest BCUT2D eigenvalue weighted by Crippen LogP contribution is 2.40. The fourth-order valence-electron chi connectivity index (χ4n) is 3.58. The molecule has 0 aliphatic heterocycles. The Morgan fingerprint density at radius 3 is 2.34 bits per heavy atom. The number of imidazole rings is 1. The van der Waals surface area contributed by atoms with E-state index in [0.717, 1.165) is 32.8 Å². The molecule has 0 amide bonds. The number of benzene rings is 1. The number of pyridine rings is 1. The average molecular weight is 491 g/mol. The van der Waals surface area contributed by atoms with E-state index in [4.69, 9.17) is 32.9 Å². The van der Waals surface area contributed by atoms with Crippen LogP contribution in [0.1, 0.15) is 57.6 Å². The molecule has 0 unspecified atom stereocenters. The van der Waals surface area contributed by atoms with Crippen molar-refractivity contribution in [2.75, 3.05) is 7.11 Å². The Morgan fingerprint density at radius 1 is 1.16 bits per heavy atom. The minimum Gasteiger partial charge on any atom is -0.502 e. The van der Waals surface area contributed by atoms with Gasteiger partial charge in [0.1, 0.15) is 10.9 Å². The van der Waals surface area contributed by atoms with E-state index in [1.54, 1.807) is 24.9 Å². The summed E-state index contributed by atoms with van der Waals surface area (Å²) in [6.07, 6.45) is 5.76. The first kappa shape index (κ1) is 24.7. The molecule has 0 saturated carbocycles. The molecule has 0 atom stereocenters. The maximum Gasteiger partial charge on any atom is 0.119 e. The molecular formula is C25H29Cl2N3OS. The van der Waals surface area contributed by atoms with E-state index in [2.05, 4.69) is 43.3 Å². The van der Waals surface area contributed by atoms with Gasteiger partial charge in [0.25, 0.3) is 0 Å². The van der Waals surface area contributed by atoms with E-state index >= 15 is 0 Å². The Balaban J connectivity index is 2.21. The fourth-order valence-corrected chi connectivity index (χ4v) is 5.48. The topological polar surface area (TPSA) is 39.9 Å². The van der Waals surface area contributed by atoms with Crippen molar-refractivity contribution in [3.8, 4) is 0 Å². The SMILES string of the molecule is COC(C)=CC(C)(C)c1nc(C(C)C)c(Sc2cc(Cl)cc(Cl)c2)n1Cc1ccncc1. The first-order valence-corrected chi connectivity index (χ1v) is 12.0. The highest BCUT2D eigenvalue weighted by atomic mass is 35.5. The number of allylic oxidation sites excluding steroid dienone is 2. The first-order valence-electron chi connectivity index (χ1n) is 10.5. The number of hydrogen-bond acceptors (Lipinski definition) is 4. The number of nitrogens with zero attached hydrogens (tertiary/aromatic N) is 3. The monoisotopic (exact) mass is 489 g/mol. The molecule has 7 heteroatoms. The quantitative estimate of drug-likeness (QED) is 0.303. The first-order chi connectivity index (χ1) is 15.1. The lowest BCUT2D eigenvalue weighted by Gasteiger charge is -2.23. The fraction of sp³-hybridized carbons (Fsp3) is 0.360. The largest absolute Gasteiger partial charge is 0.502 e. The van der Waals surface area contributed by atoms with E-state index in [-0.39, 0.29) is 11.3 Å². The van der Waals surface area contributed by atoms with Crippen LogP contribution < -0.4 is 0 Å². The van der Waals surface area contributed by atoms with Gasteiger partial charge in [0.15, 0.2) is 0 Å². The molecular weight excluding hydrogens is 461 g/mol. The van der Waals surface area contributed by atoms with Crippen LogP contribution in [0.5, 0.6) is 0 Å². The van der Waals surface area contributed by atoms with Crippen molar-refractivity contribution in [2.24, 2.45) is 0 Å². The van der Waals surface area contributed by atoms with E-state index in [1.807, 2.05) is 43.6 Å². The van der Waals surface area contributed by atoms with Crippen LogP contribution in [0.2, 0.25) is 10.0 Å². The van der Waals surface area contributed by atoms with Crippen LogP contribution in [0.15, 0.2) is 64.5 Å². The molecule has 0 radical (unpaired) electrons. The van der Waals surface area contributed by atoms with Gasteiger partial charge in [-0.15, -0.1) is 0 Å². The van der Waals surface area contributed by atoms with E-state index in [9.17, 15) is 0 Å². The van der Waals surface area contributed by atoms with Crippen LogP contribution in [0, 0.1) is 0 Å². The zero-order chi connectivity index (χ0) is 23.5. The summed E-state index contributed by atoms with van der Waals surface area (Å²) >= 11 is 14.2. The third-order valence-corrected chi connectivity index (χ3v) is 6.63. The summed E-state index contributed by atoms with van der Waals surface area (Å²) in [5, 5.41) is 2.32. The van der Waals surface area contributed by atoms with Crippen LogP contribution in [0.25, 0.3) is 0 Å². The summed E-state index contributed by atoms with van der Waals surface area (Å²) in [4.78, 5) is 10.3. The molecule has 0 N–H and O–H groups in total. The van der Waals surface area contributed by atoms with Gasteiger partial charge in [-0.05, 0) is 68.7 Å². The van der Waals surface area contributed by atoms with Crippen molar-refractivity contribution in [1.29, 1.82) is 0 Å². The summed E-state index contributed by atoms with van der Waals surface area (Å²) < 4.78 is 7.75. The second-order valence-electron chi connectivity index (χ2n) is 8.61. The van der Waals surface area contributed by atoms with Gasteiger partial charge in [0.05, 0.1) is 18.6 Å². The van der Waals surface area contributed by atoms with Gasteiger partial charge in [0.2, 0.25) is 0 Å². The Bertz CT molecular complexity index is 1090. The van der Waals surface area contributed by atoms with Gasteiger partial charge in [-0.25, -0.2) is 4.98 Å². The lowest BCUT2D eigenvalue weighted by molar-refractivity contribution is 0.287. The molecule has 1 aromatic carbocycles.